The lowest BCUT2D eigenvalue weighted by Gasteiger charge is -2.36. The fourth-order valence-corrected chi connectivity index (χ4v) is 17.8. The molecule has 0 N–H and O–H groups in total. The third-order valence-electron chi connectivity index (χ3n) is 16.3. The van der Waals surface area contributed by atoms with E-state index in [1.807, 2.05) is 6.07 Å². The number of nitriles is 1. The number of nitrogens with zero attached hydrogens (tertiary/aromatic N) is 2. The largest absolute Gasteiger partial charge is 0.309 e. The second-order valence-electron chi connectivity index (χ2n) is 20.2. The molecule has 0 saturated heterocycles. The third-order valence-corrected chi connectivity index (χ3v) is 21.1. The summed E-state index contributed by atoms with van der Waals surface area (Å²) in [5.41, 5.74) is 22.9. The maximum atomic E-state index is 10.5. The number of rotatable bonds is 5. The zero-order valence-electron chi connectivity index (χ0n) is 41.5. The van der Waals surface area contributed by atoms with Crippen LogP contribution < -0.4 is 20.7 Å². The molecule has 0 bridgehead atoms. The molecular formula is C73H46N2Si. The van der Waals surface area contributed by atoms with Crippen molar-refractivity contribution in [3.8, 4) is 101 Å². The number of benzene rings is 12. The van der Waals surface area contributed by atoms with Gasteiger partial charge in [-0.25, -0.2) is 0 Å². The minimum atomic E-state index is -3.22. The van der Waals surface area contributed by atoms with Gasteiger partial charge >= 0.3 is 0 Å². The summed E-state index contributed by atoms with van der Waals surface area (Å²) in [5.74, 6) is 0. The van der Waals surface area contributed by atoms with Crippen molar-refractivity contribution >= 4 is 50.6 Å². The molecule has 0 fully saturated rings. The van der Waals surface area contributed by atoms with E-state index in [1.165, 1.54) is 87.1 Å². The van der Waals surface area contributed by atoms with E-state index >= 15 is 0 Å². The summed E-state index contributed by atoms with van der Waals surface area (Å²) in [6.07, 6.45) is 0. The summed E-state index contributed by atoms with van der Waals surface area (Å²) in [5, 5.41) is 18.2. The van der Waals surface area contributed by atoms with Crippen molar-refractivity contribution in [1.29, 1.82) is 5.26 Å². The zero-order chi connectivity index (χ0) is 50.3. The van der Waals surface area contributed by atoms with Crippen molar-refractivity contribution < 1.29 is 0 Å². The molecule has 13 aromatic rings. The number of para-hydroxylation sites is 2. The molecule has 2 nitrogen and oxygen atoms in total. The van der Waals surface area contributed by atoms with Crippen LogP contribution in [-0.2, 0) is 0 Å². The highest BCUT2D eigenvalue weighted by atomic mass is 28.3. The lowest BCUT2D eigenvalue weighted by Crippen LogP contribution is -2.74. The van der Waals surface area contributed by atoms with Gasteiger partial charge in [-0.3, -0.25) is 0 Å². The van der Waals surface area contributed by atoms with Gasteiger partial charge in [0, 0.05) is 16.5 Å². The van der Waals surface area contributed by atoms with Gasteiger partial charge in [0.2, 0.25) is 0 Å². The maximum absolute atomic E-state index is 10.5. The molecule has 352 valence electrons. The molecule has 0 unspecified atom stereocenters. The fraction of sp³-hybridized carbons (Fsp3) is 0. The SMILES string of the molecule is N#Cc1ccc2c(c1)-c1ccccc1-c1cc(-n3c4ccccc4c4ccccc43)ccc1-c1ccc([Si](c3ccccc3)(c3ccccc3)c3ccc4c(c3)-c3ccccc3-c3ccccc3-c3ccccc3-4)cc1-2. The number of hydrogen-bond acceptors (Lipinski definition) is 1. The van der Waals surface area contributed by atoms with Gasteiger partial charge in [0.1, 0.15) is 0 Å². The minimum Gasteiger partial charge on any atom is -0.309 e. The van der Waals surface area contributed by atoms with E-state index < -0.39 is 8.07 Å². The highest BCUT2D eigenvalue weighted by molar-refractivity contribution is 7.20. The first-order chi connectivity index (χ1) is 37.7. The van der Waals surface area contributed by atoms with Crippen molar-refractivity contribution in [2.75, 3.05) is 0 Å². The van der Waals surface area contributed by atoms with Gasteiger partial charge in [0.15, 0.2) is 8.07 Å². The average molecular weight is 979 g/mol. The zero-order valence-corrected chi connectivity index (χ0v) is 42.5. The Morgan fingerprint density at radius 2 is 0.566 bits per heavy atom. The van der Waals surface area contributed by atoms with Crippen LogP contribution in [0.5, 0.6) is 0 Å². The van der Waals surface area contributed by atoms with Crippen LogP contribution in [0.3, 0.4) is 0 Å². The Morgan fingerprint density at radius 1 is 0.250 bits per heavy atom. The van der Waals surface area contributed by atoms with E-state index in [4.69, 9.17) is 0 Å². The highest BCUT2D eigenvalue weighted by Crippen LogP contribution is 2.50. The Labute approximate surface area is 443 Å². The first-order valence-corrected chi connectivity index (χ1v) is 28.1. The number of aromatic nitrogens is 1. The normalized spacial score (nSPS) is 11.9. The Hall–Kier alpha value is -9.85. The third kappa shape index (κ3) is 6.51. The smallest absolute Gasteiger partial charge is 0.179 e. The van der Waals surface area contributed by atoms with Gasteiger partial charge < -0.3 is 4.57 Å². The minimum absolute atomic E-state index is 0.633. The lowest BCUT2D eigenvalue weighted by atomic mass is 9.80. The van der Waals surface area contributed by atoms with Crippen molar-refractivity contribution in [1.82, 2.24) is 4.57 Å². The highest BCUT2D eigenvalue weighted by Gasteiger charge is 2.43. The second-order valence-corrected chi connectivity index (χ2v) is 24.0. The van der Waals surface area contributed by atoms with Crippen molar-refractivity contribution in [2.45, 2.75) is 0 Å². The van der Waals surface area contributed by atoms with Crippen LogP contribution in [0.15, 0.2) is 279 Å². The summed E-state index contributed by atoms with van der Waals surface area (Å²) in [6, 6.07) is 106. The Kier molecular flexibility index (Phi) is 10.0. The Morgan fingerprint density at radius 3 is 1.00 bits per heavy atom. The molecule has 0 atom stereocenters. The molecule has 0 saturated carbocycles. The molecule has 15 rings (SSSR count). The molecule has 12 aromatic carbocycles. The van der Waals surface area contributed by atoms with Gasteiger partial charge in [-0.2, -0.15) is 5.26 Å². The van der Waals surface area contributed by atoms with Crippen LogP contribution in [0, 0.1) is 11.3 Å². The average Bonchev–Trinajstić information content (AvgIpc) is 3.90. The number of fused-ring (bicyclic) bond motifs is 19. The Bertz CT molecular complexity index is 4440. The van der Waals surface area contributed by atoms with Gasteiger partial charge in [-0.05, 0) is 146 Å². The van der Waals surface area contributed by atoms with E-state index in [1.54, 1.807) is 0 Å². The topological polar surface area (TPSA) is 28.7 Å². The van der Waals surface area contributed by atoms with Crippen LogP contribution in [0.25, 0.3) is 117 Å². The van der Waals surface area contributed by atoms with Gasteiger partial charge in [-0.15, -0.1) is 0 Å². The second kappa shape index (κ2) is 17.4. The molecule has 1 heterocycles. The maximum Gasteiger partial charge on any atom is 0.179 e. The van der Waals surface area contributed by atoms with Crippen molar-refractivity contribution in [3.63, 3.8) is 0 Å². The summed E-state index contributed by atoms with van der Waals surface area (Å²) in [7, 11) is -3.22. The molecule has 3 heteroatoms. The van der Waals surface area contributed by atoms with Crippen LogP contribution in [0.2, 0.25) is 0 Å². The molecule has 2 aliphatic carbocycles. The van der Waals surface area contributed by atoms with E-state index in [-0.39, 0.29) is 0 Å². The lowest BCUT2D eigenvalue weighted by molar-refractivity contribution is 1.18. The molecule has 0 radical (unpaired) electrons. The van der Waals surface area contributed by atoms with Gasteiger partial charge in [-0.1, -0.05) is 243 Å². The fourth-order valence-electron chi connectivity index (χ4n) is 13.1. The molecular weight excluding hydrogens is 933 g/mol. The molecule has 0 amide bonds. The predicted molar refractivity (Wildman–Crippen MR) is 320 cm³/mol. The van der Waals surface area contributed by atoms with Crippen LogP contribution >= 0.6 is 0 Å². The molecule has 0 aliphatic heterocycles. The summed E-state index contributed by atoms with van der Waals surface area (Å²) in [6.45, 7) is 0. The molecule has 76 heavy (non-hydrogen) atoms. The summed E-state index contributed by atoms with van der Waals surface area (Å²) in [4.78, 5) is 0. The molecule has 2 aliphatic rings. The standard InChI is InChI=1S/C73H46N2Si/c74-47-48-35-39-65-68(43-48)60-29-13-14-30-61(60)69-44-49(75-72-33-17-15-31-66(72)67-32-16-18-34-73(67)75)36-40-62(69)64-42-38-53(46-71(64)65)76(50-19-3-1-4-20-50,51-21-5-2-6-22-51)52-37-41-63-58-27-10-9-25-56(58)54-23-7-8-24-55(54)57-26-11-12-28-59(57)70(63)45-52/h1-46H. The van der Waals surface area contributed by atoms with Crippen molar-refractivity contribution in [2.24, 2.45) is 0 Å². The van der Waals surface area contributed by atoms with E-state index in [9.17, 15) is 5.26 Å². The predicted octanol–water partition coefficient (Wildman–Crippen LogP) is 16.0. The van der Waals surface area contributed by atoms with Crippen LogP contribution in [0.4, 0.5) is 0 Å². The van der Waals surface area contributed by atoms with Crippen LogP contribution in [-0.4, -0.2) is 12.6 Å². The summed E-state index contributed by atoms with van der Waals surface area (Å²) < 4.78 is 2.41. The van der Waals surface area contributed by atoms with Crippen LogP contribution in [0.1, 0.15) is 5.56 Å². The molecule has 1 aromatic heterocycles. The van der Waals surface area contributed by atoms with Crippen molar-refractivity contribution in [3.05, 3.63) is 285 Å². The van der Waals surface area contributed by atoms with E-state index in [2.05, 4.69) is 284 Å². The Balaban J connectivity index is 1.03. The quantitative estimate of drug-likeness (QED) is 0.125. The monoisotopic (exact) mass is 978 g/mol. The van der Waals surface area contributed by atoms with E-state index in [0.29, 0.717) is 5.56 Å². The summed E-state index contributed by atoms with van der Waals surface area (Å²) >= 11 is 0. The number of hydrogen-bond donors (Lipinski definition) is 0. The first-order valence-electron chi connectivity index (χ1n) is 26.1. The van der Waals surface area contributed by atoms with Gasteiger partial charge in [0.05, 0.1) is 22.7 Å². The van der Waals surface area contributed by atoms with E-state index in [0.717, 1.165) is 50.2 Å². The first kappa shape index (κ1) is 43.7. The molecule has 0 spiro atoms. The van der Waals surface area contributed by atoms with Gasteiger partial charge in [0.25, 0.3) is 0 Å².